The van der Waals surface area contributed by atoms with E-state index in [0.29, 0.717) is 36.3 Å². The molecule has 4 rings (SSSR count). The lowest BCUT2D eigenvalue weighted by atomic mass is 10.1. The number of oxazole rings is 1. The fourth-order valence-electron chi connectivity index (χ4n) is 3.88. The van der Waals surface area contributed by atoms with Crippen molar-refractivity contribution in [1.29, 1.82) is 0 Å². The zero-order valence-corrected chi connectivity index (χ0v) is 19.2. The van der Waals surface area contributed by atoms with Crippen molar-refractivity contribution in [3.63, 3.8) is 0 Å². The molecule has 1 aliphatic heterocycles. The van der Waals surface area contributed by atoms with Crippen LogP contribution < -0.4 is 10.1 Å². The molecule has 8 nitrogen and oxygen atoms in total. The molecule has 0 radical (unpaired) electrons. The Labute approximate surface area is 197 Å². The lowest BCUT2D eigenvalue weighted by molar-refractivity contribution is -0.130. The van der Waals surface area contributed by atoms with Gasteiger partial charge in [-0.1, -0.05) is 17.7 Å². The molecule has 0 saturated carbocycles. The van der Waals surface area contributed by atoms with Gasteiger partial charge in [0.1, 0.15) is 35.5 Å². The van der Waals surface area contributed by atoms with Crippen molar-refractivity contribution in [2.75, 3.05) is 26.2 Å². The Morgan fingerprint density at radius 3 is 2.88 bits per heavy atom. The molecule has 2 N–H and O–H groups in total. The van der Waals surface area contributed by atoms with Crippen molar-refractivity contribution < 1.29 is 19.1 Å². The number of pyridine rings is 1. The Bertz CT molecular complexity index is 1060. The van der Waals surface area contributed by atoms with Crippen molar-refractivity contribution in [2.45, 2.75) is 31.9 Å². The lowest BCUT2D eigenvalue weighted by Crippen LogP contribution is -2.28. The third-order valence-corrected chi connectivity index (χ3v) is 5.86. The molecule has 3 aromatic rings. The number of carbonyl (C=O) groups excluding carboxylic acids is 1. The van der Waals surface area contributed by atoms with Crippen LogP contribution in [0.3, 0.4) is 0 Å². The molecule has 0 aliphatic carbocycles. The number of benzene rings is 1. The van der Waals surface area contributed by atoms with Gasteiger partial charge < -0.3 is 24.5 Å². The monoisotopic (exact) mass is 470 g/mol. The Balaban J connectivity index is 1.23. The largest absolute Gasteiger partial charge is 0.492 e. The number of halogens is 1. The maximum Gasteiger partial charge on any atom is 0.220 e. The van der Waals surface area contributed by atoms with Crippen LogP contribution in [-0.4, -0.2) is 52.1 Å². The predicted octanol–water partition coefficient (Wildman–Crippen LogP) is 3.78. The number of carbonyl (C=O) groups is 1. The Morgan fingerprint density at radius 1 is 1.33 bits per heavy atom. The van der Waals surface area contributed by atoms with Gasteiger partial charge in [-0.3, -0.25) is 4.79 Å². The topological polar surface area (TPSA) is 101 Å². The zero-order chi connectivity index (χ0) is 23.2. The van der Waals surface area contributed by atoms with E-state index < -0.39 is 6.10 Å². The average molecular weight is 471 g/mol. The highest BCUT2D eigenvalue weighted by atomic mass is 35.5. The third kappa shape index (κ3) is 5.90. The lowest BCUT2D eigenvalue weighted by Gasteiger charge is -2.20. The van der Waals surface area contributed by atoms with Crippen LogP contribution in [0.25, 0.3) is 11.3 Å². The minimum absolute atomic E-state index is 0.0461. The van der Waals surface area contributed by atoms with Crippen LogP contribution in [0.1, 0.15) is 43.4 Å². The summed E-state index contributed by atoms with van der Waals surface area (Å²) < 4.78 is 11.5. The summed E-state index contributed by atoms with van der Waals surface area (Å²) in [5.74, 6) is 1.37. The second kappa shape index (κ2) is 10.8. The highest BCUT2D eigenvalue weighted by Crippen LogP contribution is 2.33. The Kier molecular flexibility index (Phi) is 7.59. The van der Waals surface area contributed by atoms with Crippen LogP contribution in [0.15, 0.2) is 53.3 Å². The highest BCUT2D eigenvalue weighted by Gasteiger charge is 2.31. The number of rotatable bonds is 9. The Hall–Kier alpha value is -2.94. The van der Waals surface area contributed by atoms with Crippen molar-refractivity contribution in [3.8, 4) is 17.0 Å². The number of likely N-dealkylation sites (tertiary alicyclic amines) is 1. The molecular formula is C24H27ClN4O4. The molecular weight excluding hydrogens is 444 g/mol. The molecule has 1 aromatic carbocycles. The molecule has 2 atom stereocenters. The summed E-state index contributed by atoms with van der Waals surface area (Å²) in [6.45, 7) is 3.76. The second-order valence-electron chi connectivity index (χ2n) is 7.95. The van der Waals surface area contributed by atoms with Crippen LogP contribution in [0, 0.1) is 0 Å². The summed E-state index contributed by atoms with van der Waals surface area (Å²) in [4.78, 5) is 22.2. The first kappa shape index (κ1) is 23.2. The van der Waals surface area contributed by atoms with Gasteiger partial charge >= 0.3 is 0 Å². The second-order valence-corrected chi connectivity index (χ2v) is 8.34. The van der Waals surface area contributed by atoms with Crippen LogP contribution in [-0.2, 0) is 4.79 Å². The van der Waals surface area contributed by atoms with E-state index in [1.165, 1.54) is 0 Å². The summed E-state index contributed by atoms with van der Waals surface area (Å²) in [5.41, 5.74) is 2.36. The van der Waals surface area contributed by atoms with Crippen LogP contribution in [0.2, 0.25) is 5.15 Å². The van der Waals surface area contributed by atoms with Gasteiger partial charge in [0.25, 0.3) is 0 Å². The number of aliphatic hydroxyl groups is 1. The molecule has 0 spiro atoms. The number of nitrogens with one attached hydrogen (secondary N) is 1. The number of aromatic nitrogens is 2. The van der Waals surface area contributed by atoms with Crippen molar-refractivity contribution >= 4 is 17.5 Å². The van der Waals surface area contributed by atoms with Gasteiger partial charge in [-0.25, -0.2) is 9.97 Å². The number of nitrogens with zero attached hydrogens (tertiary/aromatic N) is 3. The number of aliphatic hydroxyl groups excluding tert-OH is 1. The standard InChI is InChI=1S/C24H27ClN4O4/c1-16(30)29-11-2-3-21(29)24-28-20(15-33-24)17-4-7-19(8-5-17)32-12-10-26-14-22(31)18-6-9-23(25)27-13-18/h4-9,13,15,21-22,26,31H,2-3,10-12,14H2,1H3/t21-,22?/m1/s1. The van der Waals surface area contributed by atoms with Gasteiger partial charge in [0.15, 0.2) is 0 Å². The number of ether oxygens (including phenoxy) is 1. The van der Waals surface area contributed by atoms with Gasteiger partial charge in [-0.15, -0.1) is 0 Å². The molecule has 1 fully saturated rings. The van der Waals surface area contributed by atoms with Crippen LogP contribution >= 0.6 is 11.6 Å². The molecule has 9 heteroatoms. The maximum atomic E-state index is 11.8. The van der Waals surface area contributed by atoms with E-state index in [4.69, 9.17) is 20.8 Å². The first-order valence-corrected chi connectivity index (χ1v) is 11.3. The highest BCUT2D eigenvalue weighted by molar-refractivity contribution is 6.29. The van der Waals surface area contributed by atoms with Crippen molar-refractivity contribution in [3.05, 3.63) is 65.5 Å². The van der Waals surface area contributed by atoms with E-state index in [0.717, 1.165) is 36.4 Å². The molecule has 33 heavy (non-hydrogen) atoms. The van der Waals surface area contributed by atoms with E-state index in [-0.39, 0.29) is 11.9 Å². The molecule has 2 aromatic heterocycles. The minimum Gasteiger partial charge on any atom is -0.492 e. The van der Waals surface area contributed by atoms with E-state index in [9.17, 15) is 9.90 Å². The van der Waals surface area contributed by atoms with Crippen molar-refractivity contribution in [2.24, 2.45) is 0 Å². The van der Waals surface area contributed by atoms with E-state index in [1.54, 1.807) is 31.5 Å². The van der Waals surface area contributed by atoms with Gasteiger partial charge in [0.05, 0.1) is 6.10 Å². The third-order valence-electron chi connectivity index (χ3n) is 5.63. The molecule has 1 saturated heterocycles. The SMILES string of the molecule is CC(=O)N1CCC[C@@H]1c1nc(-c2ccc(OCCNCC(O)c3ccc(Cl)nc3)cc2)co1. The Morgan fingerprint density at radius 2 is 2.15 bits per heavy atom. The molecule has 1 aliphatic rings. The fraction of sp³-hybridized carbons (Fsp3) is 0.375. The molecule has 3 heterocycles. The number of hydrogen-bond donors (Lipinski definition) is 2. The molecule has 1 unspecified atom stereocenters. The first-order chi connectivity index (χ1) is 16.0. The molecule has 1 amide bonds. The zero-order valence-electron chi connectivity index (χ0n) is 18.4. The fourth-order valence-corrected chi connectivity index (χ4v) is 3.99. The normalized spacial score (nSPS) is 16.7. The first-order valence-electron chi connectivity index (χ1n) is 11.0. The summed E-state index contributed by atoms with van der Waals surface area (Å²) in [6, 6.07) is 11.0. The smallest absolute Gasteiger partial charge is 0.220 e. The molecule has 0 bridgehead atoms. The predicted molar refractivity (Wildman–Crippen MR) is 124 cm³/mol. The van der Waals surface area contributed by atoms with E-state index >= 15 is 0 Å². The van der Waals surface area contributed by atoms with E-state index in [2.05, 4.69) is 15.3 Å². The number of amides is 1. The van der Waals surface area contributed by atoms with Gasteiger partial charge in [0, 0.05) is 43.9 Å². The maximum absolute atomic E-state index is 11.8. The average Bonchev–Trinajstić information content (AvgIpc) is 3.49. The van der Waals surface area contributed by atoms with Crippen LogP contribution in [0.4, 0.5) is 0 Å². The van der Waals surface area contributed by atoms with Crippen molar-refractivity contribution in [1.82, 2.24) is 20.2 Å². The summed E-state index contributed by atoms with van der Waals surface area (Å²) in [6.07, 6.45) is 4.37. The van der Waals surface area contributed by atoms with Gasteiger partial charge in [0.2, 0.25) is 11.8 Å². The number of hydrogen-bond acceptors (Lipinski definition) is 7. The van der Waals surface area contributed by atoms with Gasteiger partial charge in [-0.05, 0) is 43.2 Å². The summed E-state index contributed by atoms with van der Waals surface area (Å²) >= 11 is 5.76. The summed E-state index contributed by atoms with van der Waals surface area (Å²) in [7, 11) is 0. The van der Waals surface area contributed by atoms with E-state index in [1.807, 2.05) is 29.2 Å². The van der Waals surface area contributed by atoms with Crippen LogP contribution in [0.5, 0.6) is 5.75 Å². The minimum atomic E-state index is -0.659. The quantitative estimate of drug-likeness (QED) is 0.362. The molecule has 174 valence electrons. The van der Waals surface area contributed by atoms with Gasteiger partial charge in [-0.2, -0.15) is 0 Å². The summed E-state index contributed by atoms with van der Waals surface area (Å²) in [5, 5.41) is 13.7.